The van der Waals surface area contributed by atoms with Gasteiger partial charge in [-0.3, -0.25) is 10.1 Å². The van der Waals surface area contributed by atoms with E-state index in [0.29, 0.717) is 29.6 Å². The molecule has 1 aliphatic carbocycles. The van der Waals surface area contributed by atoms with Gasteiger partial charge in [-0.15, -0.1) is 0 Å². The lowest BCUT2D eigenvalue weighted by Crippen LogP contribution is -2.18. The van der Waals surface area contributed by atoms with Crippen LogP contribution < -0.4 is 10.5 Å². The average Bonchev–Trinajstić information content (AvgIpc) is 3.25. The molecule has 1 fully saturated rings. The predicted octanol–water partition coefficient (Wildman–Crippen LogP) is 3.50. The summed E-state index contributed by atoms with van der Waals surface area (Å²) >= 11 is 7.15. The molecule has 1 aromatic rings. The molecule has 2 rings (SSSR count). The van der Waals surface area contributed by atoms with Gasteiger partial charge in [-0.1, -0.05) is 17.7 Å². The van der Waals surface area contributed by atoms with Crippen LogP contribution in [0.2, 0.25) is 5.02 Å². The maximum atomic E-state index is 13.6. The number of benzene rings is 1. The van der Waals surface area contributed by atoms with Crippen LogP contribution in [0, 0.1) is 11.7 Å². The summed E-state index contributed by atoms with van der Waals surface area (Å²) in [5, 5.41) is 9.27. The smallest absolute Gasteiger partial charge is 0.129 e. The van der Waals surface area contributed by atoms with Gasteiger partial charge in [-0.25, -0.2) is 4.39 Å². The topological polar surface area (TPSA) is 50.4 Å². The molecule has 0 saturated heterocycles. The highest BCUT2D eigenvalue weighted by molar-refractivity contribution is 8.01. The summed E-state index contributed by atoms with van der Waals surface area (Å²) in [6.45, 7) is 4.49. The van der Waals surface area contributed by atoms with Crippen LogP contribution in [0.1, 0.15) is 18.4 Å². The van der Waals surface area contributed by atoms with Crippen molar-refractivity contribution in [1.82, 2.24) is 5.32 Å². The molecule has 3 nitrogen and oxygen atoms in total. The Labute approximate surface area is 127 Å². The monoisotopic (exact) mass is 313 g/mol. The first-order valence-electron chi connectivity index (χ1n) is 6.37. The number of allylic oxidation sites excluding steroid dienone is 1. The normalized spacial score (nSPS) is 15.9. The number of hydrogen-bond acceptors (Lipinski definition) is 4. The molecule has 0 unspecified atom stereocenters. The zero-order chi connectivity index (χ0) is 14.5. The third kappa shape index (κ3) is 3.82. The average molecular weight is 314 g/mol. The molecule has 108 valence electrons. The summed E-state index contributed by atoms with van der Waals surface area (Å²) in [5.41, 5.74) is 1.43. The Morgan fingerprint density at radius 3 is 2.85 bits per heavy atom. The van der Waals surface area contributed by atoms with E-state index in [2.05, 4.69) is 17.0 Å². The highest BCUT2D eigenvalue weighted by Gasteiger charge is 2.28. The predicted molar refractivity (Wildman–Crippen MR) is 84.2 cm³/mol. The van der Waals surface area contributed by atoms with E-state index in [-0.39, 0.29) is 5.82 Å². The molecule has 1 saturated carbocycles. The highest BCUT2D eigenvalue weighted by Crippen LogP contribution is 2.39. The van der Waals surface area contributed by atoms with Gasteiger partial charge in [-0.2, -0.15) is 0 Å². The van der Waals surface area contributed by atoms with Gasteiger partial charge in [0.15, 0.2) is 0 Å². The standard InChI is InChI=1S/C14H17ClFN3S/c1-18-14(9-5-6-9)13(20-17)8-19-7-10-11(15)3-2-4-12(10)16/h2-4,9,19H,1,5-8,17H2/b14-13-. The maximum Gasteiger partial charge on any atom is 0.129 e. The van der Waals surface area contributed by atoms with Crippen molar-refractivity contribution in [2.45, 2.75) is 19.4 Å². The lowest BCUT2D eigenvalue weighted by molar-refractivity contribution is 0.596. The molecular formula is C14H17ClFN3S. The minimum Gasteiger partial charge on any atom is -0.308 e. The fourth-order valence-corrected chi connectivity index (χ4v) is 2.76. The maximum absolute atomic E-state index is 13.6. The third-order valence-corrected chi connectivity index (χ3v) is 4.20. The molecule has 20 heavy (non-hydrogen) atoms. The van der Waals surface area contributed by atoms with Gasteiger partial charge in [0, 0.05) is 34.5 Å². The van der Waals surface area contributed by atoms with Crippen LogP contribution in [0.15, 0.2) is 33.8 Å². The summed E-state index contributed by atoms with van der Waals surface area (Å²) in [4.78, 5) is 5.02. The molecule has 0 radical (unpaired) electrons. The van der Waals surface area contributed by atoms with Crippen molar-refractivity contribution in [3.8, 4) is 0 Å². The lowest BCUT2D eigenvalue weighted by Gasteiger charge is -2.11. The molecular weight excluding hydrogens is 297 g/mol. The summed E-state index contributed by atoms with van der Waals surface area (Å²) in [5.74, 6) is 0.178. The second-order valence-electron chi connectivity index (χ2n) is 4.66. The Morgan fingerprint density at radius 1 is 1.55 bits per heavy atom. The van der Waals surface area contributed by atoms with Gasteiger partial charge < -0.3 is 5.32 Å². The van der Waals surface area contributed by atoms with E-state index in [4.69, 9.17) is 16.7 Å². The molecule has 1 aliphatic rings. The summed E-state index contributed by atoms with van der Waals surface area (Å²) in [6.07, 6.45) is 2.27. The van der Waals surface area contributed by atoms with E-state index >= 15 is 0 Å². The molecule has 6 heteroatoms. The van der Waals surface area contributed by atoms with E-state index in [9.17, 15) is 4.39 Å². The van der Waals surface area contributed by atoms with Crippen LogP contribution in [0.25, 0.3) is 0 Å². The Kier molecular flexibility index (Phi) is 5.60. The van der Waals surface area contributed by atoms with Gasteiger partial charge in [0.05, 0.1) is 5.70 Å². The Hall–Kier alpha value is -0.880. The van der Waals surface area contributed by atoms with Gasteiger partial charge in [-0.05, 0) is 43.6 Å². The van der Waals surface area contributed by atoms with E-state index in [0.717, 1.165) is 23.4 Å². The molecule has 0 atom stereocenters. The number of nitrogens with one attached hydrogen (secondary N) is 1. The lowest BCUT2D eigenvalue weighted by atomic mass is 10.2. The molecule has 3 N–H and O–H groups in total. The molecule has 0 amide bonds. The molecule has 0 aromatic heterocycles. The van der Waals surface area contributed by atoms with Crippen molar-refractivity contribution in [3.05, 3.63) is 45.2 Å². The summed E-state index contributed by atoms with van der Waals surface area (Å²) in [6, 6.07) is 4.67. The third-order valence-electron chi connectivity index (χ3n) is 3.21. The number of rotatable bonds is 7. The molecule has 1 aromatic carbocycles. The fraction of sp³-hybridized carbons (Fsp3) is 0.357. The van der Waals surface area contributed by atoms with Gasteiger partial charge in [0.25, 0.3) is 0 Å². The minimum absolute atomic E-state index is 0.305. The van der Waals surface area contributed by atoms with Crippen molar-refractivity contribution in [2.75, 3.05) is 6.54 Å². The zero-order valence-electron chi connectivity index (χ0n) is 11.0. The molecule has 0 heterocycles. The second kappa shape index (κ2) is 7.22. The van der Waals surface area contributed by atoms with Crippen LogP contribution >= 0.6 is 23.5 Å². The molecule has 0 aliphatic heterocycles. The van der Waals surface area contributed by atoms with E-state index in [1.165, 1.54) is 18.0 Å². The molecule has 0 spiro atoms. The number of hydrogen-bond donors (Lipinski definition) is 2. The van der Waals surface area contributed by atoms with Crippen molar-refractivity contribution in [3.63, 3.8) is 0 Å². The first kappa shape index (κ1) is 15.5. The van der Waals surface area contributed by atoms with Crippen molar-refractivity contribution in [1.29, 1.82) is 0 Å². The Bertz CT molecular complexity index is 509. The second-order valence-corrected chi connectivity index (χ2v) is 5.80. The number of nitrogens with zero attached hydrogens (tertiary/aromatic N) is 1. The van der Waals surface area contributed by atoms with Gasteiger partial charge >= 0.3 is 0 Å². The van der Waals surface area contributed by atoms with E-state index in [1.54, 1.807) is 12.1 Å². The summed E-state index contributed by atoms with van der Waals surface area (Å²) in [7, 11) is 0. The number of nitrogens with two attached hydrogens (primary N) is 1. The van der Waals surface area contributed by atoms with Crippen molar-refractivity contribution in [2.24, 2.45) is 16.0 Å². The van der Waals surface area contributed by atoms with E-state index in [1.807, 2.05) is 0 Å². The molecule has 0 bridgehead atoms. The minimum atomic E-state index is -0.305. The Balaban J connectivity index is 1.99. The highest BCUT2D eigenvalue weighted by atomic mass is 35.5. The largest absolute Gasteiger partial charge is 0.308 e. The van der Waals surface area contributed by atoms with E-state index < -0.39 is 0 Å². The van der Waals surface area contributed by atoms with Crippen LogP contribution in [0.3, 0.4) is 0 Å². The van der Waals surface area contributed by atoms with Crippen LogP contribution in [-0.4, -0.2) is 13.3 Å². The van der Waals surface area contributed by atoms with Crippen LogP contribution in [0.5, 0.6) is 0 Å². The van der Waals surface area contributed by atoms with Crippen LogP contribution in [0.4, 0.5) is 4.39 Å². The number of halogens is 2. The summed E-state index contributed by atoms with van der Waals surface area (Å²) < 4.78 is 13.6. The van der Waals surface area contributed by atoms with Crippen LogP contribution in [-0.2, 0) is 6.54 Å². The number of aliphatic imine (C=N–C) groups is 1. The van der Waals surface area contributed by atoms with Gasteiger partial charge in [0.2, 0.25) is 0 Å². The Morgan fingerprint density at radius 2 is 2.30 bits per heavy atom. The van der Waals surface area contributed by atoms with Crippen molar-refractivity contribution < 1.29 is 4.39 Å². The van der Waals surface area contributed by atoms with Gasteiger partial charge in [0.1, 0.15) is 5.82 Å². The first-order valence-corrected chi connectivity index (χ1v) is 7.63. The zero-order valence-corrected chi connectivity index (χ0v) is 12.6. The van der Waals surface area contributed by atoms with Crippen molar-refractivity contribution >= 4 is 30.3 Å². The SMILES string of the molecule is C=N/C(=C(/CNCc1c(F)cccc1Cl)SN)C1CC1. The first-order chi connectivity index (χ1) is 9.67. The quantitative estimate of drug-likeness (QED) is 0.598. The fourth-order valence-electron chi connectivity index (χ4n) is 2.00.